The summed E-state index contributed by atoms with van der Waals surface area (Å²) in [7, 11) is 0. The molecule has 2 aromatic carbocycles. The molecule has 0 radical (unpaired) electrons. The number of alkyl halides is 3. The summed E-state index contributed by atoms with van der Waals surface area (Å²) in [6.07, 6.45) is -4.63. The molecule has 32 heavy (non-hydrogen) atoms. The first-order valence-corrected chi connectivity index (χ1v) is 10.5. The lowest BCUT2D eigenvalue weighted by molar-refractivity contribution is -0.152. The molecular formula is C23H25ClF3N3O2. The maximum atomic E-state index is 13.8. The predicted octanol–water partition coefficient (Wildman–Crippen LogP) is 7.14. The molecule has 1 amide bonds. The number of anilines is 1. The van der Waals surface area contributed by atoms with Gasteiger partial charge in [0.25, 0.3) is 0 Å². The zero-order valence-electron chi connectivity index (χ0n) is 18.3. The van der Waals surface area contributed by atoms with E-state index in [1.807, 2.05) is 0 Å². The molecule has 0 saturated heterocycles. The molecular weight excluding hydrogens is 443 g/mol. The van der Waals surface area contributed by atoms with Gasteiger partial charge in [0.15, 0.2) is 0 Å². The lowest BCUT2D eigenvalue weighted by Crippen LogP contribution is -2.39. The van der Waals surface area contributed by atoms with E-state index in [1.54, 1.807) is 70.2 Å². The molecule has 172 valence electrons. The molecule has 5 nitrogen and oxygen atoms in total. The third-order valence-electron chi connectivity index (χ3n) is 5.11. The number of carbonyl (C=O) groups is 1. The Morgan fingerprint density at radius 1 is 1.12 bits per heavy atom. The number of hydrogen-bond donors (Lipinski definition) is 1. The largest absolute Gasteiger partial charge is 0.444 e. The molecule has 1 N–H and O–H groups in total. The Morgan fingerprint density at radius 2 is 1.78 bits per heavy atom. The second kappa shape index (κ2) is 8.65. The number of carbonyl (C=O) groups excluding carboxylic acids is 1. The van der Waals surface area contributed by atoms with Crippen molar-refractivity contribution in [3.05, 3.63) is 59.2 Å². The third kappa shape index (κ3) is 5.18. The van der Waals surface area contributed by atoms with Crippen molar-refractivity contribution in [3.8, 4) is 0 Å². The summed E-state index contributed by atoms with van der Waals surface area (Å²) in [4.78, 5) is 12.3. The lowest BCUT2D eigenvalue weighted by atomic mass is 9.83. The van der Waals surface area contributed by atoms with Gasteiger partial charge in [0.05, 0.1) is 29.4 Å². The molecule has 1 atom stereocenters. The van der Waals surface area contributed by atoms with E-state index in [1.165, 1.54) is 10.9 Å². The summed E-state index contributed by atoms with van der Waals surface area (Å²) in [5, 5.41) is 7.96. The van der Waals surface area contributed by atoms with Crippen LogP contribution < -0.4 is 5.32 Å². The van der Waals surface area contributed by atoms with Crippen molar-refractivity contribution in [2.24, 2.45) is 0 Å². The summed E-state index contributed by atoms with van der Waals surface area (Å²) < 4.78 is 48.0. The first kappa shape index (κ1) is 23.9. The van der Waals surface area contributed by atoms with Crippen molar-refractivity contribution in [2.45, 2.75) is 57.9 Å². The summed E-state index contributed by atoms with van der Waals surface area (Å²) >= 11 is 5.98. The van der Waals surface area contributed by atoms with Crippen molar-refractivity contribution in [1.29, 1.82) is 0 Å². The van der Waals surface area contributed by atoms with Crippen LogP contribution in [0.4, 0.5) is 23.7 Å². The minimum Gasteiger partial charge on any atom is -0.444 e. The molecule has 3 aromatic rings. The fraction of sp³-hybridized carbons (Fsp3) is 0.391. The first-order valence-electron chi connectivity index (χ1n) is 10.1. The van der Waals surface area contributed by atoms with Crippen LogP contribution in [-0.2, 0) is 10.3 Å². The van der Waals surface area contributed by atoms with Gasteiger partial charge < -0.3 is 4.74 Å². The summed E-state index contributed by atoms with van der Waals surface area (Å²) in [5.74, 6) is 0. The van der Waals surface area contributed by atoms with Crippen LogP contribution in [0.5, 0.6) is 0 Å². The highest BCUT2D eigenvalue weighted by Gasteiger charge is 2.45. The van der Waals surface area contributed by atoms with Crippen LogP contribution in [0, 0.1) is 0 Å². The van der Waals surface area contributed by atoms with E-state index in [9.17, 15) is 18.0 Å². The van der Waals surface area contributed by atoms with Crippen molar-refractivity contribution in [3.63, 3.8) is 0 Å². The van der Waals surface area contributed by atoms with Crippen molar-refractivity contribution >= 4 is 34.3 Å². The Balaban J connectivity index is 2.14. The van der Waals surface area contributed by atoms with Crippen LogP contribution in [0.3, 0.4) is 0 Å². The molecule has 0 fully saturated rings. The second-order valence-corrected chi connectivity index (χ2v) is 9.04. The van der Waals surface area contributed by atoms with E-state index < -0.39 is 29.8 Å². The maximum absolute atomic E-state index is 13.8. The molecule has 1 aromatic heterocycles. The number of aromatic nitrogens is 2. The van der Waals surface area contributed by atoms with Gasteiger partial charge in [-0.05, 0) is 57.0 Å². The fourth-order valence-corrected chi connectivity index (χ4v) is 3.91. The molecule has 0 aliphatic rings. The second-order valence-electron chi connectivity index (χ2n) is 8.61. The van der Waals surface area contributed by atoms with E-state index in [0.717, 1.165) is 0 Å². The highest BCUT2D eigenvalue weighted by Crippen LogP contribution is 2.42. The van der Waals surface area contributed by atoms with Crippen molar-refractivity contribution < 1.29 is 22.7 Å². The van der Waals surface area contributed by atoms with Gasteiger partial charge in [0.2, 0.25) is 0 Å². The minimum atomic E-state index is -4.44. The first-order chi connectivity index (χ1) is 14.8. The lowest BCUT2D eigenvalue weighted by Gasteiger charge is -2.35. The van der Waals surface area contributed by atoms with Gasteiger partial charge in [-0.15, -0.1) is 0 Å². The summed E-state index contributed by atoms with van der Waals surface area (Å²) in [5.41, 5.74) is -0.886. The molecule has 0 saturated carbocycles. The van der Waals surface area contributed by atoms with Gasteiger partial charge in [-0.3, -0.25) is 10.00 Å². The number of fused-ring (bicyclic) bond motifs is 1. The van der Waals surface area contributed by atoms with Crippen LogP contribution in [0.15, 0.2) is 48.7 Å². The van der Waals surface area contributed by atoms with E-state index in [4.69, 9.17) is 16.3 Å². The van der Waals surface area contributed by atoms with E-state index >= 15 is 0 Å². The number of benzene rings is 2. The minimum absolute atomic E-state index is 0.134. The van der Waals surface area contributed by atoms with Crippen LogP contribution in [0.25, 0.3) is 10.9 Å². The third-order valence-corrected chi connectivity index (χ3v) is 5.37. The zero-order valence-corrected chi connectivity index (χ0v) is 19.0. The fourth-order valence-electron chi connectivity index (χ4n) is 3.78. The smallest absolute Gasteiger partial charge is 0.412 e. The standard InChI is InChI=1S/C23H25ClF3N3O2/c1-5-22(14-23(25,26)27,15-9-11-16(24)12-10-15)30-19-8-6-7-18(17(19)13-28-30)29-20(31)32-21(2,3)4/h6-13H,5,14H2,1-4H3,(H,29,31). The Labute approximate surface area is 189 Å². The highest BCUT2D eigenvalue weighted by molar-refractivity contribution is 6.30. The van der Waals surface area contributed by atoms with E-state index in [2.05, 4.69) is 10.4 Å². The zero-order chi connectivity index (χ0) is 23.7. The Hall–Kier alpha value is -2.74. The van der Waals surface area contributed by atoms with Crippen LogP contribution in [0.1, 0.15) is 46.1 Å². The molecule has 0 spiro atoms. The maximum Gasteiger partial charge on any atom is 0.412 e. The van der Waals surface area contributed by atoms with Crippen LogP contribution >= 0.6 is 11.6 Å². The van der Waals surface area contributed by atoms with Gasteiger partial charge in [-0.1, -0.05) is 36.7 Å². The molecule has 0 aliphatic carbocycles. The highest BCUT2D eigenvalue weighted by atomic mass is 35.5. The van der Waals surface area contributed by atoms with Gasteiger partial charge in [-0.2, -0.15) is 18.3 Å². The Kier molecular flexibility index (Phi) is 6.47. The number of nitrogens with one attached hydrogen (secondary N) is 1. The van der Waals surface area contributed by atoms with Crippen molar-refractivity contribution in [1.82, 2.24) is 9.78 Å². The van der Waals surface area contributed by atoms with Crippen LogP contribution in [0.2, 0.25) is 5.02 Å². The number of hydrogen-bond acceptors (Lipinski definition) is 3. The Bertz CT molecular complexity index is 1100. The normalized spacial score (nSPS) is 14.2. The topological polar surface area (TPSA) is 56.2 Å². The average molecular weight is 468 g/mol. The molecule has 0 aliphatic heterocycles. The quantitative estimate of drug-likeness (QED) is 0.433. The molecule has 1 heterocycles. The number of nitrogens with zero attached hydrogens (tertiary/aromatic N) is 2. The van der Waals surface area contributed by atoms with Gasteiger partial charge in [0.1, 0.15) is 5.60 Å². The number of ether oxygens (including phenoxy) is 1. The molecule has 3 rings (SSSR count). The van der Waals surface area contributed by atoms with Gasteiger partial charge in [-0.25, -0.2) is 4.79 Å². The predicted molar refractivity (Wildman–Crippen MR) is 119 cm³/mol. The van der Waals surface area contributed by atoms with E-state index in [-0.39, 0.29) is 6.42 Å². The number of rotatable bonds is 5. The molecule has 0 bridgehead atoms. The number of halogens is 4. The number of amides is 1. The SMILES string of the molecule is CCC(CC(F)(F)F)(c1ccc(Cl)cc1)n1ncc2c(NC(=O)OC(C)(C)C)cccc21. The monoisotopic (exact) mass is 467 g/mol. The molecule has 1 unspecified atom stereocenters. The molecule has 9 heteroatoms. The summed E-state index contributed by atoms with van der Waals surface area (Å²) in [6, 6.07) is 11.3. The van der Waals surface area contributed by atoms with E-state index in [0.29, 0.717) is 27.2 Å². The Morgan fingerprint density at radius 3 is 2.34 bits per heavy atom. The average Bonchev–Trinajstić information content (AvgIpc) is 3.10. The summed E-state index contributed by atoms with van der Waals surface area (Å²) in [6.45, 7) is 6.91. The van der Waals surface area contributed by atoms with Crippen molar-refractivity contribution in [2.75, 3.05) is 5.32 Å². The van der Waals surface area contributed by atoms with Gasteiger partial charge in [0, 0.05) is 10.4 Å². The van der Waals surface area contributed by atoms with Crippen LogP contribution in [-0.4, -0.2) is 27.7 Å². The van der Waals surface area contributed by atoms with Gasteiger partial charge >= 0.3 is 12.3 Å².